The van der Waals surface area contributed by atoms with E-state index in [1.807, 2.05) is 156 Å². The van der Waals surface area contributed by atoms with E-state index < -0.39 is 5.41 Å². The van der Waals surface area contributed by atoms with Crippen molar-refractivity contribution < 1.29 is 4.79 Å². The molecule has 8 rings (SSSR count). The fourth-order valence-electron chi connectivity index (χ4n) is 6.87. The second-order valence-electron chi connectivity index (χ2n) is 11.7. The number of anilines is 2. The number of carbonyl (C=O) groups excluding carboxylic acids is 1. The number of nitrogens with one attached hydrogen (secondary N) is 1. The summed E-state index contributed by atoms with van der Waals surface area (Å²) in [6, 6.07) is 48.3. The van der Waals surface area contributed by atoms with Crippen LogP contribution in [0.4, 0.5) is 11.5 Å². The van der Waals surface area contributed by atoms with Crippen molar-refractivity contribution in [1.29, 1.82) is 5.26 Å². The maximum atomic E-state index is 15.5. The molecular weight excluding hydrogens is 566 g/mol. The summed E-state index contributed by atoms with van der Waals surface area (Å²) in [5.74, 6) is 0.482. The number of amides is 1. The highest BCUT2D eigenvalue weighted by molar-refractivity contribution is 6.18. The summed E-state index contributed by atoms with van der Waals surface area (Å²) in [5, 5.41) is 20.1. The van der Waals surface area contributed by atoms with Gasteiger partial charge in [-0.2, -0.15) is 10.4 Å². The van der Waals surface area contributed by atoms with Crippen molar-refractivity contribution in [2.24, 2.45) is 0 Å². The molecule has 1 atom stereocenters. The Bertz CT molecular complexity index is 2180. The number of carbonyl (C=O) groups is 1. The third-order valence-corrected chi connectivity index (χ3v) is 8.98. The van der Waals surface area contributed by atoms with Gasteiger partial charge in [0.05, 0.1) is 35.3 Å². The van der Waals surface area contributed by atoms with E-state index >= 15 is 4.79 Å². The maximum Gasteiger partial charge on any atom is 0.248 e. The van der Waals surface area contributed by atoms with Crippen LogP contribution in [0.15, 0.2) is 145 Å². The minimum Gasteiger partial charge on any atom is -0.338 e. The predicted octanol–water partition coefficient (Wildman–Crippen LogP) is 8.04. The molecule has 1 amide bonds. The van der Waals surface area contributed by atoms with Crippen LogP contribution in [-0.2, 0) is 16.8 Å². The second kappa shape index (κ2) is 10.8. The molecule has 1 N–H and O–H groups in total. The Hall–Kier alpha value is -6.19. The van der Waals surface area contributed by atoms with Gasteiger partial charge in [-0.3, -0.25) is 4.79 Å². The van der Waals surface area contributed by atoms with E-state index in [0.717, 1.165) is 39.2 Å². The molecular formula is C40H29N5O. The Kier molecular flexibility index (Phi) is 6.40. The number of nitriles is 1. The van der Waals surface area contributed by atoms with Crippen LogP contribution in [0.25, 0.3) is 22.6 Å². The van der Waals surface area contributed by atoms with Gasteiger partial charge in [-0.15, -0.1) is 0 Å². The first-order valence-electron chi connectivity index (χ1n) is 15.3. The number of hydrogen-bond donors (Lipinski definition) is 1. The lowest BCUT2D eigenvalue weighted by molar-refractivity contribution is -0.120. The highest BCUT2D eigenvalue weighted by atomic mass is 16.2. The third-order valence-electron chi connectivity index (χ3n) is 8.98. The lowest BCUT2D eigenvalue weighted by Gasteiger charge is -2.36. The van der Waals surface area contributed by atoms with Gasteiger partial charge >= 0.3 is 0 Å². The van der Waals surface area contributed by atoms with Crippen molar-refractivity contribution in [3.05, 3.63) is 173 Å². The molecule has 3 heterocycles. The van der Waals surface area contributed by atoms with E-state index in [-0.39, 0.29) is 5.91 Å². The molecule has 220 valence electrons. The summed E-state index contributed by atoms with van der Waals surface area (Å²) >= 11 is 0. The molecule has 0 radical (unpaired) electrons. The van der Waals surface area contributed by atoms with E-state index in [1.54, 1.807) is 0 Å². The van der Waals surface area contributed by atoms with E-state index in [2.05, 4.69) is 11.4 Å². The summed E-state index contributed by atoms with van der Waals surface area (Å²) in [4.78, 5) is 17.3. The number of nitrogens with zero attached hydrogens (tertiary/aromatic N) is 4. The van der Waals surface area contributed by atoms with Crippen LogP contribution in [0.1, 0.15) is 27.8 Å². The van der Waals surface area contributed by atoms with Crippen molar-refractivity contribution in [3.63, 3.8) is 0 Å². The Morgan fingerprint density at radius 1 is 0.761 bits per heavy atom. The van der Waals surface area contributed by atoms with Crippen molar-refractivity contribution in [1.82, 2.24) is 9.78 Å². The third kappa shape index (κ3) is 4.03. The van der Waals surface area contributed by atoms with Gasteiger partial charge in [0.2, 0.25) is 5.91 Å². The number of rotatable bonds is 5. The molecule has 1 unspecified atom stereocenters. The summed E-state index contributed by atoms with van der Waals surface area (Å²) < 4.78 is 1.87. The Balaban J connectivity index is 1.50. The lowest BCUT2D eigenvalue weighted by atomic mass is 9.66. The molecule has 6 nitrogen and oxygen atoms in total. The highest BCUT2D eigenvalue weighted by Gasteiger charge is 2.60. The summed E-state index contributed by atoms with van der Waals surface area (Å²) in [5.41, 5.74) is 6.97. The first-order valence-corrected chi connectivity index (χ1v) is 15.3. The molecule has 46 heavy (non-hydrogen) atoms. The maximum absolute atomic E-state index is 15.5. The number of benzene rings is 5. The van der Waals surface area contributed by atoms with Crippen LogP contribution < -0.4 is 10.2 Å². The average molecular weight is 596 g/mol. The zero-order chi connectivity index (χ0) is 31.3. The van der Waals surface area contributed by atoms with Gasteiger partial charge < -0.3 is 10.2 Å². The van der Waals surface area contributed by atoms with Crippen LogP contribution in [0.2, 0.25) is 0 Å². The molecule has 1 aromatic heterocycles. The molecule has 0 saturated carbocycles. The van der Waals surface area contributed by atoms with Crippen LogP contribution in [0, 0.1) is 18.3 Å². The number of fused-ring (bicyclic) bond motifs is 4. The molecule has 0 bridgehead atoms. The first-order chi connectivity index (χ1) is 22.6. The van der Waals surface area contributed by atoms with Gasteiger partial charge in [0.25, 0.3) is 0 Å². The fourth-order valence-corrected chi connectivity index (χ4v) is 6.87. The zero-order valence-corrected chi connectivity index (χ0v) is 25.2. The smallest absolute Gasteiger partial charge is 0.248 e. The van der Waals surface area contributed by atoms with Crippen LogP contribution >= 0.6 is 0 Å². The van der Waals surface area contributed by atoms with Gasteiger partial charge in [-0.1, -0.05) is 127 Å². The molecule has 0 saturated heterocycles. The quantitative estimate of drug-likeness (QED) is 0.219. The highest BCUT2D eigenvalue weighted by Crippen LogP contribution is 2.58. The molecule has 2 aliphatic rings. The zero-order valence-electron chi connectivity index (χ0n) is 25.2. The molecule has 2 aliphatic heterocycles. The van der Waals surface area contributed by atoms with E-state index in [4.69, 9.17) is 5.10 Å². The Morgan fingerprint density at radius 3 is 2.09 bits per heavy atom. The number of aromatic nitrogens is 2. The molecule has 0 aliphatic carbocycles. The number of para-hydroxylation sites is 2. The van der Waals surface area contributed by atoms with E-state index in [1.165, 1.54) is 0 Å². The minimum atomic E-state index is -1.46. The molecule has 5 aromatic carbocycles. The molecule has 6 heteroatoms. The fraction of sp³-hybridized carbons (Fsp3) is 0.0750. The Morgan fingerprint density at radius 2 is 1.39 bits per heavy atom. The summed E-state index contributed by atoms with van der Waals surface area (Å²) in [7, 11) is 0. The van der Waals surface area contributed by atoms with Crippen LogP contribution in [0.5, 0.6) is 0 Å². The average Bonchev–Trinajstić information content (AvgIpc) is 3.61. The topological polar surface area (TPSA) is 74.0 Å². The van der Waals surface area contributed by atoms with Crippen molar-refractivity contribution in [2.75, 3.05) is 10.2 Å². The number of hydrogen-bond acceptors (Lipinski definition) is 4. The van der Waals surface area contributed by atoms with Gasteiger partial charge in [0, 0.05) is 22.4 Å². The lowest BCUT2D eigenvalue weighted by Crippen LogP contribution is -2.45. The van der Waals surface area contributed by atoms with Crippen molar-refractivity contribution in [3.8, 4) is 23.0 Å². The monoisotopic (exact) mass is 595 g/mol. The van der Waals surface area contributed by atoms with Crippen LogP contribution in [-0.4, -0.2) is 15.7 Å². The predicted molar refractivity (Wildman–Crippen MR) is 181 cm³/mol. The van der Waals surface area contributed by atoms with Crippen LogP contribution in [0.3, 0.4) is 0 Å². The number of aryl methyl sites for hydroxylation is 1. The van der Waals surface area contributed by atoms with Gasteiger partial charge in [-0.05, 0) is 36.2 Å². The molecule has 0 fully saturated rings. The SMILES string of the molecule is Cc1ccc(C2=C(C#N)C3(C(=O)N(Cc4ccccc4)c4ccccc43)c3c(-c4ccccc4)nn(-c4ccccc4)c3N2)cc1. The minimum absolute atomic E-state index is 0.175. The summed E-state index contributed by atoms with van der Waals surface area (Å²) in [6.07, 6.45) is 0. The summed E-state index contributed by atoms with van der Waals surface area (Å²) in [6.45, 7) is 2.40. The molecule has 6 aromatic rings. The second-order valence-corrected chi connectivity index (χ2v) is 11.7. The van der Waals surface area contributed by atoms with E-state index in [9.17, 15) is 5.26 Å². The normalized spacial score (nSPS) is 16.6. The van der Waals surface area contributed by atoms with Gasteiger partial charge in [0.15, 0.2) is 0 Å². The first kappa shape index (κ1) is 27.4. The standard InChI is InChI=1S/C40H29N5O/c1-27-21-23-30(24-22-27)36-33(25-41)40(32-19-11-12-20-34(32)44(39(40)46)26-28-13-5-2-6-14-28)35-37(29-15-7-3-8-16-29)43-45(38(35)42-36)31-17-9-4-10-18-31/h2-24,42H,26H2,1H3. The van der Waals surface area contributed by atoms with Gasteiger partial charge in [0.1, 0.15) is 11.2 Å². The van der Waals surface area contributed by atoms with Crippen molar-refractivity contribution >= 4 is 23.1 Å². The Labute approximate surface area is 267 Å². The van der Waals surface area contributed by atoms with Crippen molar-refractivity contribution in [2.45, 2.75) is 18.9 Å². The molecule has 1 spiro atoms. The van der Waals surface area contributed by atoms with Gasteiger partial charge in [-0.25, -0.2) is 4.68 Å². The van der Waals surface area contributed by atoms with E-state index in [0.29, 0.717) is 34.9 Å². The largest absolute Gasteiger partial charge is 0.338 e.